The largest absolute Gasteiger partial charge is 0.493 e. The lowest BCUT2D eigenvalue weighted by Crippen LogP contribution is -2.14. The molecule has 2 nitrogen and oxygen atoms in total. The van der Waals surface area contributed by atoms with Crippen molar-refractivity contribution < 1.29 is 9.53 Å². The quantitative estimate of drug-likeness (QED) is 0.795. The SMILES string of the molecule is Cc1cc(OCCC(=O)C2CCCC2)cc(C)c1Cl. The van der Waals surface area contributed by atoms with Gasteiger partial charge in [0.1, 0.15) is 11.5 Å². The minimum absolute atomic E-state index is 0.289. The summed E-state index contributed by atoms with van der Waals surface area (Å²) in [6.45, 7) is 4.40. The Morgan fingerprint density at radius 2 is 1.84 bits per heavy atom. The topological polar surface area (TPSA) is 26.3 Å². The lowest BCUT2D eigenvalue weighted by Gasteiger charge is -2.11. The van der Waals surface area contributed by atoms with E-state index >= 15 is 0 Å². The van der Waals surface area contributed by atoms with E-state index < -0.39 is 0 Å². The van der Waals surface area contributed by atoms with E-state index in [0.29, 0.717) is 18.8 Å². The zero-order chi connectivity index (χ0) is 13.8. The van der Waals surface area contributed by atoms with Gasteiger partial charge < -0.3 is 4.74 Å². The number of hydrogen-bond acceptors (Lipinski definition) is 2. The number of ether oxygens (including phenoxy) is 1. The Morgan fingerprint density at radius 3 is 2.42 bits per heavy atom. The minimum atomic E-state index is 0.289. The summed E-state index contributed by atoms with van der Waals surface area (Å²) in [5, 5.41) is 0.786. The zero-order valence-electron chi connectivity index (χ0n) is 11.7. The molecular weight excluding hydrogens is 260 g/mol. The predicted octanol–water partition coefficient (Wildman–Crippen LogP) is 4.49. The molecule has 1 aromatic rings. The van der Waals surface area contributed by atoms with Crippen molar-refractivity contribution in [1.82, 2.24) is 0 Å². The van der Waals surface area contributed by atoms with Crippen LogP contribution in [0.4, 0.5) is 0 Å². The van der Waals surface area contributed by atoms with E-state index in [1.165, 1.54) is 12.8 Å². The molecule has 19 heavy (non-hydrogen) atoms. The monoisotopic (exact) mass is 280 g/mol. The van der Waals surface area contributed by atoms with Crippen molar-refractivity contribution >= 4 is 17.4 Å². The fraction of sp³-hybridized carbons (Fsp3) is 0.562. The van der Waals surface area contributed by atoms with Gasteiger partial charge >= 0.3 is 0 Å². The predicted molar refractivity (Wildman–Crippen MR) is 78.0 cm³/mol. The highest BCUT2D eigenvalue weighted by molar-refractivity contribution is 6.32. The van der Waals surface area contributed by atoms with Crippen LogP contribution in [-0.4, -0.2) is 12.4 Å². The minimum Gasteiger partial charge on any atom is -0.493 e. The lowest BCUT2D eigenvalue weighted by atomic mass is 10.0. The van der Waals surface area contributed by atoms with Gasteiger partial charge in [-0.25, -0.2) is 0 Å². The van der Waals surface area contributed by atoms with Gasteiger partial charge in [-0.05, 0) is 49.9 Å². The van der Waals surface area contributed by atoms with Crippen LogP contribution in [0.5, 0.6) is 5.75 Å². The molecule has 1 aromatic carbocycles. The molecule has 0 aromatic heterocycles. The van der Waals surface area contributed by atoms with E-state index in [9.17, 15) is 4.79 Å². The maximum atomic E-state index is 11.9. The number of benzene rings is 1. The smallest absolute Gasteiger partial charge is 0.139 e. The number of halogens is 1. The third-order valence-electron chi connectivity index (χ3n) is 3.84. The van der Waals surface area contributed by atoms with Crippen LogP contribution >= 0.6 is 11.6 Å². The summed E-state index contributed by atoms with van der Waals surface area (Å²) in [5.74, 6) is 1.45. The molecule has 1 saturated carbocycles. The van der Waals surface area contributed by atoms with Gasteiger partial charge in [0.2, 0.25) is 0 Å². The molecule has 1 aliphatic rings. The molecule has 0 spiro atoms. The Hall–Kier alpha value is -1.02. The summed E-state index contributed by atoms with van der Waals surface area (Å²) in [5.41, 5.74) is 2.03. The summed E-state index contributed by atoms with van der Waals surface area (Å²) in [4.78, 5) is 11.9. The van der Waals surface area contributed by atoms with Gasteiger partial charge in [-0.2, -0.15) is 0 Å². The van der Waals surface area contributed by atoms with E-state index in [1.807, 2.05) is 26.0 Å². The summed E-state index contributed by atoms with van der Waals surface area (Å²) >= 11 is 6.11. The third kappa shape index (κ3) is 3.73. The van der Waals surface area contributed by atoms with Gasteiger partial charge in [0.15, 0.2) is 0 Å². The number of ketones is 1. The highest BCUT2D eigenvalue weighted by Gasteiger charge is 2.22. The van der Waals surface area contributed by atoms with Gasteiger partial charge in [0, 0.05) is 17.4 Å². The molecule has 0 aliphatic heterocycles. The number of aryl methyl sites for hydroxylation is 2. The first-order chi connectivity index (χ1) is 9.08. The lowest BCUT2D eigenvalue weighted by molar-refractivity contribution is -0.123. The number of rotatable bonds is 5. The van der Waals surface area contributed by atoms with Crippen LogP contribution < -0.4 is 4.74 Å². The summed E-state index contributed by atoms with van der Waals surface area (Å²) in [7, 11) is 0. The normalized spacial score (nSPS) is 15.7. The van der Waals surface area contributed by atoms with Crippen LogP contribution in [0.3, 0.4) is 0 Å². The van der Waals surface area contributed by atoms with Crippen molar-refractivity contribution in [2.45, 2.75) is 46.0 Å². The fourth-order valence-corrected chi connectivity index (χ4v) is 2.82. The Bertz CT molecular complexity index is 439. The van der Waals surface area contributed by atoms with Crippen molar-refractivity contribution in [2.24, 2.45) is 5.92 Å². The Labute approximate surface area is 120 Å². The second-order valence-electron chi connectivity index (χ2n) is 5.42. The molecule has 0 unspecified atom stereocenters. The summed E-state index contributed by atoms with van der Waals surface area (Å²) in [6, 6.07) is 3.85. The van der Waals surface area contributed by atoms with Crippen LogP contribution in [0.25, 0.3) is 0 Å². The molecule has 0 amide bonds. The van der Waals surface area contributed by atoms with Crippen molar-refractivity contribution in [2.75, 3.05) is 6.61 Å². The van der Waals surface area contributed by atoms with E-state index in [-0.39, 0.29) is 5.92 Å². The molecule has 1 fully saturated rings. The Morgan fingerprint density at radius 1 is 1.26 bits per heavy atom. The second-order valence-corrected chi connectivity index (χ2v) is 5.80. The van der Waals surface area contributed by atoms with E-state index in [0.717, 1.165) is 34.7 Å². The number of carbonyl (C=O) groups is 1. The second kappa shape index (κ2) is 6.42. The summed E-state index contributed by atoms with van der Waals surface area (Å²) in [6.07, 6.45) is 5.06. The maximum absolute atomic E-state index is 11.9. The average Bonchev–Trinajstić information content (AvgIpc) is 2.89. The summed E-state index contributed by atoms with van der Waals surface area (Å²) < 4.78 is 5.67. The highest BCUT2D eigenvalue weighted by Crippen LogP contribution is 2.27. The molecule has 2 rings (SSSR count). The number of Topliss-reactive ketones (excluding diaryl/α,β-unsaturated/α-hetero) is 1. The van der Waals surface area contributed by atoms with Crippen molar-refractivity contribution in [3.63, 3.8) is 0 Å². The van der Waals surface area contributed by atoms with E-state index in [4.69, 9.17) is 16.3 Å². The van der Waals surface area contributed by atoms with Gasteiger partial charge in [0.25, 0.3) is 0 Å². The number of hydrogen-bond donors (Lipinski definition) is 0. The highest BCUT2D eigenvalue weighted by atomic mass is 35.5. The first-order valence-electron chi connectivity index (χ1n) is 7.00. The molecule has 0 bridgehead atoms. The third-order valence-corrected chi connectivity index (χ3v) is 4.43. The first kappa shape index (κ1) is 14.4. The van der Waals surface area contributed by atoms with Crippen molar-refractivity contribution in [3.8, 4) is 5.75 Å². The van der Waals surface area contributed by atoms with Crippen LogP contribution in [0.2, 0.25) is 5.02 Å². The Kier molecular flexibility index (Phi) is 4.87. The molecule has 0 radical (unpaired) electrons. The molecule has 0 saturated heterocycles. The Balaban J connectivity index is 1.84. The van der Waals surface area contributed by atoms with Gasteiger partial charge in [-0.3, -0.25) is 4.79 Å². The fourth-order valence-electron chi connectivity index (χ4n) is 2.71. The van der Waals surface area contributed by atoms with Crippen LogP contribution in [-0.2, 0) is 4.79 Å². The van der Waals surface area contributed by atoms with Crippen LogP contribution in [0.1, 0.15) is 43.2 Å². The maximum Gasteiger partial charge on any atom is 0.139 e. The standard InChI is InChI=1S/C16H21ClO2/c1-11-9-14(10-12(2)16(11)17)19-8-7-15(18)13-5-3-4-6-13/h9-10,13H,3-8H2,1-2H3. The van der Waals surface area contributed by atoms with Crippen molar-refractivity contribution in [3.05, 3.63) is 28.3 Å². The van der Waals surface area contributed by atoms with E-state index in [1.54, 1.807) is 0 Å². The van der Waals surface area contributed by atoms with Crippen LogP contribution in [0.15, 0.2) is 12.1 Å². The van der Waals surface area contributed by atoms with Crippen molar-refractivity contribution in [1.29, 1.82) is 0 Å². The number of carbonyl (C=O) groups excluding carboxylic acids is 1. The molecule has 0 N–H and O–H groups in total. The molecule has 1 aliphatic carbocycles. The molecule has 3 heteroatoms. The van der Waals surface area contributed by atoms with Gasteiger partial charge in [0.05, 0.1) is 6.61 Å². The first-order valence-corrected chi connectivity index (χ1v) is 7.38. The van der Waals surface area contributed by atoms with E-state index in [2.05, 4.69) is 0 Å². The van der Waals surface area contributed by atoms with Gasteiger partial charge in [-0.1, -0.05) is 24.4 Å². The molecule has 0 heterocycles. The molecule has 104 valence electrons. The van der Waals surface area contributed by atoms with Gasteiger partial charge in [-0.15, -0.1) is 0 Å². The zero-order valence-corrected chi connectivity index (χ0v) is 12.4. The molecule has 0 atom stereocenters. The molecular formula is C16H21ClO2. The van der Waals surface area contributed by atoms with Crippen LogP contribution in [0, 0.1) is 19.8 Å². The average molecular weight is 281 g/mol.